The van der Waals surface area contributed by atoms with E-state index in [1.807, 2.05) is 7.05 Å². The van der Waals surface area contributed by atoms with Crippen LogP contribution < -0.4 is 19.7 Å². The molecule has 1 aliphatic rings. The van der Waals surface area contributed by atoms with E-state index in [1.165, 1.54) is 12.8 Å². The number of hydrogen-bond donors (Lipinski definition) is 1. The Kier molecular flexibility index (Phi) is 4.79. The van der Waals surface area contributed by atoms with E-state index in [1.54, 1.807) is 20.3 Å². The highest BCUT2D eigenvalue weighted by Gasteiger charge is 2.17. The molecule has 1 saturated heterocycles. The van der Waals surface area contributed by atoms with E-state index < -0.39 is 0 Å². The number of rotatable bonds is 5. The number of nitrogens with zero attached hydrogens (tertiary/aromatic N) is 3. The average Bonchev–Trinajstić information content (AvgIpc) is 2.47. The van der Waals surface area contributed by atoms with E-state index in [9.17, 15) is 0 Å². The number of anilines is 1. The molecule has 1 atom stereocenters. The van der Waals surface area contributed by atoms with Gasteiger partial charge >= 0.3 is 0 Å². The van der Waals surface area contributed by atoms with Crippen LogP contribution in [0.5, 0.6) is 11.8 Å². The third-order valence-electron chi connectivity index (χ3n) is 3.36. The van der Waals surface area contributed by atoms with Crippen LogP contribution in [0.25, 0.3) is 0 Å². The summed E-state index contributed by atoms with van der Waals surface area (Å²) in [6, 6.07) is 1.68. The molecule has 1 aliphatic heterocycles. The van der Waals surface area contributed by atoms with Crippen LogP contribution in [0, 0.1) is 5.92 Å². The second-order valence-electron chi connectivity index (χ2n) is 4.85. The van der Waals surface area contributed by atoms with Crippen LogP contribution in [0.15, 0.2) is 6.07 Å². The Morgan fingerprint density at radius 1 is 1.32 bits per heavy atom. The van der Waals surface area contributed by atoms with Gasteiger partial charge in [0.05, 0.1) is 20.3 Å². The first-order valence-electron chi connectivity index (χ1n) is 6.62. The molecule has 1 unspecified atom stereocenters. The average molecular weight is 266 g/mol. The van der Waals surface area contributed by atoms with E-state index in [2.05, 4.69) is 20.2 Å². The van der Waals surface area contributed by atoms with Gasteiger partial charge in [-0.25, -0.2) is 0 Å². The van der Waals surface area contributed by atoms with Crippen LogP contribution in [-0.4, -0.2) is 50.9 Å². The van der Waals surface area contributed by atoms with Crippen molar-refractivity contribution in [1.29, 1.82) is 0 Å². The van der Waals surface area contributed by atoms with Gasteiger partial charge in [0.25, 0.3) is 0 Å². The van der Waals surface area contributed by atoms with Crippen LogP contribution in [0.1, 0.15) is 12.8 Å². The van der Waals surface area contributed by atoms with Crippen LogP contribution >= 0.6 is 0 Å². The minimum Gasteiger partial charge on any atom is -0.481 e. The summed E-state index contributed by atoms with van der Waals surface area (Å²) >= 11 is 0. The summed E-state index contributed by atoms with van der Waals surface area (Å²) in [6.07, 6.45) is 2.49. The molecule has 0 spiro atoms. The van der Waals surface area contributed by atoms with Gasteiger partial charge in [-0.15, -0.1) is 0 Å². The van der Waals surface area contributed by atoms with E-state index in [0.29, 0.717) is 23.6 Å². The highest BCUT2D eigenvalue weighted by atomic mass is 16.5. The number of methoxy groups -OCH3 is 2. The molecule has 106 valence electrons. The van der Waals surface area contributed by atoms with Gasteiger partial charge in [-0.05, 0) is 31.8 Å². The number of ether oxygens (including phenoxy) is 2. The number of aromatic nitrogens is 2. The zero-order valence-corrected chi connectivity index (χ0v) is 11.8. The van der Waals surface area contributed by atoms with Gasteiger partial charge in [-0.3, -0.25) is 0 Å². The molecular formula is C13H22N4O2. The van der Waals surface area contributed by atoms with E-state index in [4.69, 9.17) is 9.47 Å². The van der Waals surface area contributed by atoms with Gasteiger partial charge < -0.3 is 19.7 Å². The SMILES string of the molecule is COc1cc(OC)nc(N(C)CC2CCCNC2)n1. The maximum atomic E-state index is 5.17. The molecule has 0 aromatic carbocycles. The van der Waals surface area contributed by atoms with Crippen molar-refractivity contribution in [2.45, 2.75) is 12.8 Å². The molecule has 2 heterocycles. The lowest BCUT2D eigenvalue weighted by Gasteiger charge is -2.27. The predicted molar refractivity (Wildman–Crippen MR) is 74.0 cm³/mol. The van der Waals surface area contributed by atoms with Crippen molar-refractivity contribution in [3.8, 4) is 11.8 Å². The van der Waals surface area contributed by atoms with Crippen molar-refractivity contribution < 1.29 is 9.47 Å². The molecule has 1 aromatic heterocycles. The molecule has 0 radical (unpaired) electrons. The van der Waals surface area contributed by atoms with Crippen molar-refractivity contribution in [3.05, 3.63) is 6.07 Å². The van der Waals surface area contributed by atoms with Gasteiger partial charge in [0.15, 0.2) is 0 Å². The lowest BCUT2D eigenvalue weighted by molar-refractivity contribution is 0.366. The molecule has 6 heteroatoms. The van der Waals surface area contributed by atoms with Crippen LogP contribution in [0.4, 0.5) is 5.95 Å². The van der Waals surface area contributed by atoms with E-state index in [-0.39, 0.29) is 0 Å². The molecule has 1 aromatic rings. The summed E-state index contributed by atoms with van der Waals surface area (Å²) in [5, 5.41) is 3.42. The Balaban J connectivity index is 2.06. The standard InChI is InChI=1S/C13H22N4O2/c1-17(9-10-5-4-6-14-8-10)13-15-11(18-2)7-12(16-13)19-3/h7,10,14H,4-6,8-9H2,1-3H3. The Hall–Kier alpha value is -1.56. The van der Waals surface area contributed by atoms with Crippen molar-refractivity contribution in [2.75, 3.05) is 45.8 Å². The number of hydrogen-bond acceptors (Lipinski definition) is 6. The van der Waals surface area contributed by atoms with Gasteiger partial charge in [-0.1, -0.05) is 0 Å². The molecule has 1 N–H and O–H groups in total. The first-order chi connectivity index (χ1) is 9.22. The summed E-state index contributed by atoms with van der Waals surface area (Å²) in [4.78, 5) is 10.8. The highest BCUT2D eigenvalue weighted by molar-refractivity contribution is 5.35. The lowest BCUT2D eigenvalue weighted by Crippen LogP contribution is -2.37. The van der Waals surface area contributed by atoms with Crippen molar-refractivity contribution in [1.82, 2.24) is 15.3 Å². The summed E-state index contributed by atoms with van der Waals surface area (Å²) in [6.45, 7) is 3.12. The first kappa shape index (κ1) is 13.9. The Bertz CT molecular complexity index is 385. The zero-order chi connectivity index (χ0) is 13.7. The second-order valence-corrected chi connectivity index (χ2v) is 4.85. The van der Waals surface area contributed by atoms with E-state index >= 15 is 0 Å². The van der Waals surface area contributed by atoms with Gasteiger partial charge in [0.1, 0.15) is 0 Å². The van der Waals surface area contributed by atoms with Gasteiger partial charge in [0, 0.05) is 13.6 Å². The van der Waals surface area contributed by atoms with Crippen molar-refractivity contribution >= 4 is 5.95 Å². The quantitative estimate of drug-likeness (QED) is 0.855. The maximum Gasteiger partial charge on any atom is 0.231 e. The lowest BCUT2D eigenvalue weighted by atomic mass is 9.99. The van der Waals surface area contributed by atoms with Gasteiger partial charge in [0.2, 0.25) is 17.7 Å². The maximum absolute atomic E-state index is 5.17. The Labute approximate surface area is 114 Å². The highest BCUT2D eigenvalue weighted by Crippen LogP contribution is 2.21. The predicted octanol–water partition coefficient (Wildman–Crippen LogP) is 0.930. The minimum absolute atomic E-state index is 0.524. The van der Waals surface area contributed by atoms with Crippen LogP contribution in [0.3, 0.4) is 0 Å². The molecule has 0 amide bonds. The summed E-state index contributed by atoms with van der Waals surface area (Å²) in [5.74, 6) is 2.33. The fourth-order valence-corrected chi connectivity index (χ4v) is 2.32. The molecule has 0 aliphatic carbocycles. The fourth-order valence-electron chi connectivity index (χ4n) is 2.32. The van der Waals surface area contributed by atoms with E-state index in [0.717, 1.165) is 19.6 Å². The molecule has 1 fully saturated rings. The normalized spacial score (nSPS) is 19.0. The summed E-state index contributed by atoms with van der Waals surface area (Å²) in [5.41, 5.74) is 0. The topological polar surface area (TPSA) is 59.5 Å². The fraction of sp³-hybridized carbons (Fsp3) is 0.692. The first-order valence-corrected chi connectivity index (χ1v) is 6.62. The van der Waals surface area contributed by atoms with Gasteiger partial charge in [-0.2, -0.15) is 9.97 Å². The van der Waals surface area contributed by atoms with Crippen molar-refractivity contribution in [2.24, 2.45) is 5.92 Å². The third kappa shape index (κ3) is 3.70. The zero-order valence-electron chi connectivity index (χ0n) is 11.8. The Morgan fingerprint density at radius 3 is 2.53 bits per heavy atom. The molecule has 0 saturated carbocycles. The van der Waals surface area contributed by atoms with Crippen molar-refractivity contribution in [3.63, 3.8) is 0 Å². The smallest absolute Gasteiger partial charge is 0.231 e. The molecule has 6 nitrogen and oxygen atoms in total. The summed E-state index contributed by atoms with van der Waals surface area (Å²) in [7, 11) is 5.19. The molecule has 0 bridgehead atoms. The monoisotopic (exact) mass is 266 g/mol. The molecule has 19 heavy (non-hydrogen) atoms. The minimum atomic E-state index is 0.524. The second kappa shape index (κ2) is 6.56. The van der Waals surface area contributed by atoms with Crippen LogP contribution in [-0.2, 0) is 0 Å². The van der Waals surface area contributed by atoms with Crippen LogP contribution in [0.2, 0.25) is 0 Å². The number of piperidine rings is 1. The molecule has 2 rings (SSSR count). The summed E-state index contributed by atoms with van der Waals surface area (Å²) < 4.78 is 10.3. The third-order valence-corrected chi connectivity index (χ3v) is 3.36. The Morgan fingerprint density at radius 2 is 2.00 bits per heavy atom. The largest absolute Gasteiger partial charge is 0.481 e. The number of nitrogens with one attached hydrogen (secondary N) is 1. The molecular weight excluding hydrogens is 244 g/mol.